The van der Waals surface area contributed by atoms with Gasteiger partial charge in [0.2, 0.25) is 0 Å². The predicted octanol–water partition coefficient (Wildman–Crippen LogP) is 3.10. The first-order chi connectivity index (χ1) is 7.20. The summed E-state index contributed by atoms with van der Waals surface area (Å²) in [5, 5.41) is 0. The highest BCUT2D eigenvalue weighted by molar-refractivity contribution is 5.56. The average molecular weight is 206 g/mol. The molecule has 0 aliphatic carbocycles. The quantitative estimate of drug-likeness (QED) is 0.526. The average Bonchev–Trinajstić information content (AvgIpc) is 2.25. The molecule has 0 heterocycles. The van der Waals surface area contributed by atoms with Crippen LogP contribution in [0.25, 0.3) is 5.76 Å². The van der Waals surface area contributed by atoms with Crippen LogP contribution < -0.4 is 0 Å². The summed E-state index contributed by atoms with van der Waals surface area (Å²) in [7, 11) is 0. The van der Waals surface area contributed by atoms with E-state index in [0.29, 0.717) is 19.0 Å². The van der Waals surface area contributed by atoms with Crippen molar-refractivity contribution in [3.8, 4) is 0 Å². The van der Waals surface area contributed by atoms with E-state index in [-0.39, 0.29) is 6.10 Å². The monoisotopic (exact) mass is 206 g/mol. The lowest BCUT2D eigenvalue weighted by atomic mass is 10.2. The Labute approximate surface area is 91.5 Å². The maximum atomic E-state index is 5.46. The molecule has 0 unspecified atom stereocenters. The van der Waals surface area contributed by atoms with Crippen molar-refractivity contribution in [2.45, 2.75) is 20.0 Å². The minimum Gasteiger partial charge on any atom is -0.491 e. The normalized spacial score (nSPS) is 10.3. The van der Waals surface area contributed by atoms with Gasteiger partial charge >= 0.3 is 0 Å². The van der Waals surface area contributed by atoms with E-state index in [1.54, 1.807) is 0 Å². The summed E-state index contributed by atoms with van der Waals surface area (Å²) in [6, 6.07) is 9.86. The zero-order valence-corrected chi connectivity index (χ0v) is 9.40. The summed E-state index contributed by atoms with van der Waals surface area (Å²) in [5.41, 5.74) is 1.02. The van der Waals surface area contributed by atoms with E-state index < -0.39 is 0 Å². The van der Waals surface area contributed by atoms with Crippen molar-refractivity contribution >= 4 is 5.76 Å². The highest BCUT2D eigenvalue weighted by Gasteiger charge is 1.99. The third-order valence-corrected chi connectivity index (χ3v) is 1.91. The Morgan fingerprint density at radius 2 is 1.87 bits per heavy atom. The highest BCUT2D eigenvalue weighted by Crippen LogP contribution is 2.12. The summed E-state index contributed by atoms with van der Waals surface area (Å²) in [6.45, 7) is 9.02. The Hall–Kier alpha value is -1.28. The van der Waals surface area contributed by atoms with Gasteiger partial charge in [0.15, 0.2) is 0 Å². The van der Waals surface area contributed by atoms with E-state index in [2.05, 4.69) is 6.58 Å². The van der Waals surface area contributed by atoms with Gasteiger partial charge in [0.1, 0.15) is 12.4 Å². The molecule has 1 aromatic rings. The number of rotatable bonds is 6. The van der Waals surface area contributed by atoms with E-state index in [4.69, 9.17) is 9.47 Å². The van der Waals surface area contributed by atoms with E-state index >= 15 is 0 Å². The third kappa shape index (κ3) is 4.66. The van der Waals surface area contributed by atoms with Gasteiger partial charge in [-0.05, 0) is 13.8 Å². The minimum absolute atomic E-state index is 0.249. The molecule has 0 aliphatic heterocycles. The van der Waals surface area contributed by atoms with Gasteiger partial charge < -0.3 is 9.47 Å². The van der Waals surface area contributed by atoms with Gasteiger partial charge in [-0.2, -0.15) is 0 Å². The molecular formula is C13H18O2. The van der Waals surface area contributed by atoms with Gasteiger partial charge in [0.05, 0.1) is 12.7 Å². The Kier molecular flexibility index (Phi) is 4.91. The van der Waals surface area contributed by atoms with Crippen LogP contribution in [-0.4, -0.2) is 19.3 Å². The molecule has 0 atom stereocenters. The second kappa shape index (κ2) is 6.25. The van der Waals surface area contributed by atoms with E-state index in [0.717, 1.165) is 5.56 Å². The molecule has 0 radical (unpaired) electrons. The Bertz CT molecular complexity index is 291. The summed E-state index contributed by atoms with van der Waals surface area (Å²) < 4.78 is 10.8. The Morgan fingerprint density at radius 1 is 1.20 bits per heavy atom. The van der Waals surface area contributed by atoms with Gasteiger partial charge in [-0.1, -0.05) is 36.9 Å². The van der Waals surface area contributed by atoms with Crippen LogP contribution in [-0.2, 0) is 9.47 Å². The first kappa shape index (κ1) is 11.8. The second-order valence-corrected chi connectivity index (χ2v) is 3.56. The molecule has 82 valence electrons. The number of hydrogen-bond donors (Lipinski definition) is 0. The lowest BCUT2D eigenvalue weighted by Crippen LogP contribution is -2.08. The van der Waals surface area contributed by atoms with Gasteiger partial charge in [-0.15, -0.1) is 0 Å². The topological polar surface area (TPSA) is 18.5 Å². The van der Waals surface area contributed by atoms with Crippen LogP contribution in [0.15, 0.2) is 36.9 Å². The zero-order chi connectivity index (χ0) is 11.1. The van der Waals surface area contributed by atoms with E-state index in [9.17, 15) is 0 Å². The van der Waals surface area contributed by atoms with Crippen LogP contribution in [0.5, 0.6) is 0 Å². The first-order valence-electron chi connectivity index (χ1n) is 5.19. The van der Waals surface area contributed by atoms with Crippen molar-refractivity contribution in [2.24, 2.45) is 0 Å². The lowest BCUT2D eigenvalue weighted by Gasteiger charge is -2.11. The maximum absolute atomic E-state index is 5.46. The molecular weight excluding hydrogens is 188 g/mol. The van der Waals surface area contributed by atoms with Gasteiger partial charge in [-0.3, -0.25) is 0 Å². The second-order valence-electron chi connectivity index (χ2n) is 3.56. The molecule has 0 fully saturated rings. The van der Waals surface area contributed by atoms with Crippen molar-refractivity contribution in [2.75, 3.05) is 13.2 Å². The molecule has 0 N–H and O–H groups in total. The molecule has 0 bridgehead atoms. The third-order valence-electron chi connectivity index (χ3n) is 1.91. The molecule has 0 aromatic heterocycles. The van der Waals surface area contributed by atoms with E-state index in [1.807, 2.05) is 44.2 Å². The van der Waals surface area contributed by atoms with Crippen LogP contribution in [0, 0.1) is 0 Å². The molecule has 0 saturated carbocycles. The molecule has 0 aliphatic rings. The van der Waals surface area contributed by atoms with Crippen LogP contribution in [0.1, 0.15) is 19.4 Å². The number of hydrogen-bond acceptors (Lipinski definition) is 2. The first-order valence-corrected chi connectivity index (χ1v) is 5.19. The molecule has 1 aromatic carbocycles. The molecule has 2 heteroatoms. The minimum atomic E-state index is 0.249. The fourth-order valence-electron chi connectivity index (χ4n) is 1.16. The fraction of sp³-hybridized carbons (Fsp3) is 0.385. The molecule has 0 spiro atoms. The summed E-state index contributed by atoms with van der Waals surface area (Å²) in [4.78, 5) is 0. The molecule has 0 saturated heterocycles. The lowest BCUT2D eigenvalue weighted by molar-refractivity contribution is 0.0492. The molecule has 0 amide bonds. The fourth-order valence-corrected chi connectivity index (χ4v) is 1.16. The summed E-state index contributed by atoms with van der Waals surface area (Å²) in [6.07, 6.45) is 0.249. The van der Waals surface area contributed by atoms with Crippen molar-refractivity contribution in [1.29, 1.82) is 0 Å². The van der Waals surface area contributed by atoms with Crippen molar-refractivity contribution < 1.29 is 9.47 Å². The van der Waals surface area contributed by atoms with Crippen LogP contribution in [0.4, 0.5) is 0 Å². The largest absolute Gasteiger partial charge is 0.491 e. The maximum Gasteiger partial charge on any atom is 0.119 e. The van der Waals surface area contributed by atoms with Crippen molar-refractivity contribution in [3.63, 3.8) is 0 Å². The van der Waals surface area contributed by atoms with Crippen LogP contribution in [0.2, 0.25) is 0 Å². The molecule has 15 heavy (non-hydrogen) atoms. The van der Waals surface area contributed by atoms with Gasteiger partial charge in [-0.25, -0.2) is 0 Å². The summed E-state index contributed by atoms with van der Waals surface area (Å²) in [5.74, 6) is 0.697. The van der Waals surface area contributed by atoms with Gasteiger partial charge in [0.25, 0.3) is 0 Å². The van der Waals surface area contributed by atoms with Crippen molar-refractivity contribution in [3.05, 3.63) is 42.5 Å². The summed E-state index contributed by atoms with van der Waals surface area (Å²) >= 11 is 0. The predicted molar refractivity (Wildman–Crippen MR) is 62.5 cm³/mol. The number of ether oxygens (including phenoxy) is 2. The van der Waals surface area contributed by atoms with Crippen LogP contribution in [0.3, 0.4) is 0 Å². The smallest absolute Gasteiger partial charge is 0.119 e. The number of benzene rings is 1. The Morgan fingerprint density at radius 3 is 2.47 bits per heavy atom. The van der Waals surface area contributed by atoms with Crippen molar-refractivity contribution in [1.82, 2.24) is 0 Å². The van der Waals surface area contributed by atoms with Crippen LogP contribution >= 0.6 is 0 Å². The Balaban J connectivity index is 2.25. The SMILES string of the molecule is C=C(OCCOC(C)C)c1ccccc1. The van der Waals surface area contributed by atoms with Gasteiger partial charge in [0, 0.05) is 5.56 Å². The zero-order valence-electron chi connectivity index (χ0n) is 9.40. The highest BCUT2D eigenvalue weighted by atomic mass is 16.5. The molecule has 2 nitrogen and oxygen atoms in total. The van der Waals surface area contributed by atoms with E-state index in [1.165, 1.54) is 0 Å². The standard InChI is InChI=1S/C13H18O2/c1-11(2)14-9-10-15-12(3)13-7-5-4-6-8-13/h4-8,11H,3,9-10H2,1-2H3. The molecule has 1 rings (SSSR count).